The van der Waals surface area contributed by atoms with Crippen LogP contribution in [-0.4, -0.2) is 17.4 Å². The number of ether oxygens (including phenoxy) is 1. The lowest BCUT2D eigenvalue weighted by Gasteiger charge is -2.36. The molecule has 0 bridgehead atoms. The number of hydrogen-bond acceptors (Lipinski definition) is 2. The van der Waals surface area contributed by atoms with Crippen LogP contribution in [0.1, 0.15) is 25.0 Å². The molecule has 2 atom stereocenters. The van der Waals surface area contributed by atoms with Crippen molar-refractivity contribution in [1.29, 1.82) is 0 Å². The average molecular weight is 231 g/mol. The molecule has 1 aliphatic heterocycles. The van der Waals surface area contributed by atoms with E-state index in [1.807, 2.05) is 0 Å². The van der Waals surface area contributed by atoms with Crippen molar-refractivity contribution in [3.63, 3.8) is 0 Å². The Morgan fingerprint density at radius 1 is 1.67 bits per heavy atom. The number of aliphatic hydroxyl groups is 1. The minimum absolute atomic E-state index is 0.262. The van der Waals surface area contributed by atoms with Crippen molar-refractivity contribution in [1.82, 2.24) is 0 Å². The Bertz CT molecular complexity index is 383. The van der Waals surface area contributed by atoms with Gasteiger partial charge >= 0.3 is 0 Å². The van der Waals surface area contributed by atoms with Crippen LogP contribution in [0.25, 0.3) is 0 Å². The van der Waals surface area contributed by atoms with Crippen molar-refractivity contribution in [2.45, 2.75) is 25.0 Å². The van der Waals surface area contributed by atoms with Crippen molar-refractivity contribution in [2.24, 2.45) is 0 Å². The van der Waals surface area contributed by atoms with Crippen molar-refractivity contribution >= 4 is 11.6 Å². The Hall–Kier alpha value is -0.800. The summed E-state index contributed by atoms with van der Waals surface area (Å²) in [7, 11) is 0. The van der Waals surface area contributed by atoms with E-state index < -0.39 is 18.4 Å². The van der Waals surface area contributed by atoms with Gasteiger partial charge in [-0.3, -0.25) is 0 Å². The molecule has 1 aromatic carbocycles. The molecule has 0 unspecified atom stereocenters. The predicted octanol–water partition coefficient (Wildman–Crippen LogP) is 2.88. The topological polar surface area (TPSA) is 29.5 Å². The van der Waals surface area contributed by atoms with Crippen molar-refractivity contribution in [2.75, 3.05) is 6.67 Å². The van der Waals surface area contributed by atoms with Gasteiger partial charge in [0.1, 0.15) is 18.0 Å². The fourth-order valence-corrected chi connectivity index (χ4v) is 1.94. The highest BCUT2D eigenvalue weighted by Crippen LogP contribution is 2.40. The van der Waals surface area contributed by atoms with Crippen LogP contribution >= 0.6 is 11.6 Å². The van der Waals surface area contributed by atoms with E-state index in [1.54, 1.807) is 25.1 Å². The molecule has 0 spiro atoms. The molecule has 0 saturated carbocycles. The number of fused-ring (bicyclic) bond motifs is 1. The van der Waals surface area contributed by atoms with Crippen LogP contribution in [0, 0.1) is 0 Å². The van der Waals surface area contributed by atoms with Gasteiger partial charge in [-0.2, -0.15) is 0 Å². The third kappa shape index (κ3) is 1.94. The van der Waals surface area contributed by atoms with E-state index in [2.05, 4.69) is 0 Å². The van der Waals surface area contributed by atoms with Gasteiger partial charge < -0.3 is 9.84 Å². The quantitative estimate of drug-likeness (QED) is 0.804. The summed E-state index contributed by atoms with van der Waals surface area (Å²) in [6.07, 6.45) is -0.426. The first kappa shape index (κ1) is 10.7. The zero-order valence-corrected chi connectivity index (χ0v) is 9.09. The molecular weight excluding hydrogens is 219 g/mol. The molecule has 1 aliphatic rings. The highest BCUT2D eigenvalue weighted by Gasteiger charge is 2.36. The molecule has 2 rings (SSSR count). The second-order valence-corrected chi connectivity index (χ2v) is 4.52. The largest absolute Gasteiger partial charge is 0.484 e. The zero-order chi connectivity index (χ0) is 11.1. The molecule has 1 aromatic rings. The van der Waals surface area contributed by atoms with E-state index >= 15 is 0 Å². The Balaban J connectivity index is 2.41. The summed E-state index contributed by atoms with van der Waals surface area (Å²) in [4.78, 5) is 0. The second-order valence-electron chi connectivity index (χ2n) is 4.09. The van der Waals surface area contributed by atoms with E-state index in [0.29, 0.717) is 16.3 Å². The monoisotopic (exact) mass is 230 g/mol. The fraction of sp³-hybridized carbons (Fsp3) is 0.455. The van der Waals surface area contributed by atoms with E-state index in [0.717, 1.165) is 0 Å². The van der Waals surface area contributed by atoms with E-state index in [9.17, 15) is 9.50 Å². The molecule has 1 N–H and O–H groups in total. The van der Waals surface area contributed by atoms with Gasteiger partial charge in [-0.05, 0) is 19.1 Å². The van der Waals surface area contributed by atoms with Crippen molar-refractivity contribution < 1.29 is 14.2 Å². The van der Waals surface area contributed by atoms with Crippen LogP contribution in [0.4, 0.5) is 4.39 Å². The van der Waals surface area contributed by atoms with Gasteiger partial charge in [-0.15, -0.1) is 0 Å². The van der Waals surface area contributed by atoms with E-state index in [1.165, 1.54) is 0 Å². The molecular formula is C11H12ClFO2. The molecule has 0 radical (unpaired) electrons. The molecule has 0 saturated heterocycles. The summed E-state index contributed by atoms with van der Waals surface area (Å²) in [5.41, 5.74) is -0.276. The van der Waals surface area contributed by atoms with Crippen LogP contribution < -0.4 is 4.74 Å². The minimum atomic E-state index is -0.947. The Labute approximate surface area is 92.6 Å². The van der Waals surface area contributed by atoms with Crippen LogP contribution in [0.5, 0.6) is 5.75 Å². The maximum atomic E-state index is 12.8. The molecule has 4 heteroatoms. The molecule has 15 heavy (non-hydrogen) atoms. The zero-order valence-electron chi connectivity index (χ0n) is 8.34. The lowest BCUT2D eigenvalue weighted by Crippen LogP contribution is -2.40. The molecule has 0 aliphatic carbocycles. The standard InChI is InChI=1S/C11H12ClFO2/c1-11(6-13)5-9(14)8-3-2-7(12)4-10(8)15-11/h2-4,9,14H,5-6H2,1H3/t9-,11-/m0/s1. The smallest absolute Gasteiger partial charge is 0.137 e. The highest BCUT2D eigenvalue weighted by molar-refractivity contribution is 6.30. The van der Waals surface area contributed by atoms with Gasteiger partial charge in [0, 0.05) is 17.0 Å². The Morgan fingerprint density at radius 2 is 2.40 bits per heavy atom. The minimum Gasteiger partial charge on any atom is -0.484 e. The number of hydrogen-bond donors (Lipinski definition) is 1. The summed E-state index contributed by atoms with van der Waals surface area (Å²) in [5.74, 6) is 0.474. The number of benzene rings is 1. The Kier molecular flexibility index (Phi) is 2.61. The van der Waals surface area contributed by atoms with Gasteiger partial charge in [0.2, 0.25) is 0 Å². The van der Waals surface area contributed by atoms with Crippen LogP contribution in [0.15, 0.2) is 18.2 Å². The summed E-state index contributed by atoms with van der Waals surface area (Å²) >= 11 is 5.81. The van der Waals surface area contributed by atoms with Gasteiger partial charge in [0.25, 0.3) is 0 Å². The molecule has 82 valence electrons. The number of aliphatic hydroxyl groups excluding tert-OH is 1. The van der Waals surface area contributed by atoms with Gasteiger partial charge in [-0.25, -0.2) is 4.39 Å². The maximum Gasteiger partial charge on any atom is 0.137 e. The summed E-state index contributed by atoms with van der Waals surface area (Å²) in [5, 5.41) is 10.3. The SMILES string of the molecule is C[C@@]1(CF)C[C@H](O)c2ccc(Cl)cc2O1. The molecule has 0 fully saturated rings. The number of alkyl halides is 1. The van der Waals surface area contributed by atoms with Gasteiger partial charge in [0.05, 0.1) is 6.10 Å². The first-order valence-corrected chi connectivity index (χ1v) is 5.14. The van der Waals surface area contributed by atoms with Crippen LogP contribution in [0.2, 0.25) is 5.02 Å². The fourth-order valence-electron chi connectivity index (χ4n) is 1.78. The first-order chi connectivity index (χ1) is 7.04. The van der Waals surface area contributed by atoms with Crippen molar-refractivity contribution in [3.05, 3.63) is 28.8 Å². The second kappa shape index (κ2) is 3.65. The third-order valence-electron chi connectivity index (χ3n) is 2.60. The molecule has 1 heterocycles. The lowest BCUT2D eigenvalue weighted by molar-refractivity contribution is -0.0167. The van der Waals surface area contributed by atoms with Crippen molar-refractivity contribution in [3.8, 4) is 5.75 Å². The van der Waals surface area contributed by atoms with Crippen LogP contribution in [0.3, 0.4) is 0 Å². The lowest BCUT2D eigenvalue weighted by atomic mass is 9.91. The van der Waals surface area contributed by atoms with E-state index in [-0.39, 0.29) is 6.42 Å². The molecule has 2 nitrogen and oxygen atoms in total. The number of halogens is 2. The van der Waals surface area contributed by atoms with Gasteiger partial charge in [0.15, 0.2) is 0 Å². The van der Waals surface area contributed by atoms with E-state index in [4.69, 9.17) is 16.3 Å². The first-order valence-electron chi connectivity index (χ1n) is 4.76. The summed E-state index contributed by atoms with van der Waals surface area (Å²) in [6.45, 7) is 1.01. The number of rotatable bonds is 1. The Morgan fingerprint density at radius 3 is 3.07 bits per heavy atom. The summed E-state index contributed by atoms with van der Waals surface area (Å²) < 4.78 is 18.3. The molecule has 0 aromatic heterocycles. The van der Waals surface area contributed by atoms with Gasteiger partial charge in [-0.1, -0.05) is 17.7 Å². The highest BCUT2D eigenvalue weighted by atomic mass is 35.5. The maximum absolute atomic E-state index is 12.8. The van der Waals surface area contributed by atoms with Crippen LogP contribution in [-0.2, 0) is 0 Å². The normalized spacial score (nSPS) is 29.5. The predicted molar refractivity (Wildman–Crippen MR) is 56.0 cm³/mol. The molecule has 0 amide bonds. The summed E-state index contributed by atoms with van der Waals surface area (Å²) in [6, 6.07) is 5.00. The average Bonchev–Trinajstić information content (AvgIpc) is 2.16. The third-order valence-corrected chi connectivity index (χ3v) is 2.83.